The summed E-state index contributed by atoms with van der Waals surface area (Å²) < 4.78 is 43.9. The molecule has 0 amide bonds. The van der Waals surface area contributed by atoms with Gasteiger partial charge in [-0.2, -0.15) is 0 Å². The van der Waals surface area contributed by atoms with Crippen LogP contribution >= 0.6 is 0 Å². The highest BCUT2D eigenvalue weighted by molar-refractivity contribution is 7.89. The van der Waals surface area contributed by atoms with Gasteiger partial charge in [-0.1, -0.05) is 13.3 Å². The number of hydrogen-bond acceptors (Lipinski definition) is 3. The molecule has 0 spiro atoms. The monoisotopic (exact) mass is 261 g/mol. The van der Waals surface area contributed by atoms with Crippen molar-refractivity contribution in [1.29, 1.82) is 0 Å². The summed E-state index contributed by atoms with van der Waals surface area (Å²) >= 11 is 0. The van der Waals surface area contributed by atoms with Gasteiger partial charge in [0.05, 0.1) is 12.0 Å². The summed E-state index contributed by atoms with van der Waals surface area (Å²) in [6.07, 6.45) is 1.66. The van der Waals surface area contributed by atoms with Crippen molar-refractivity contribution in [1.82, 2.24) is 4.72 Å². The number of halogens is 1. The Morgan fingerprint density at radius 2 is 2.12 bits per heavy atom. The molecule has 0 aliphatic rings. The molecule has 0 atom stereocenters. The first-order valence-corrected chi connectivity index (χ1v) is 6.82. The highest BCUT2D eigenvalue weighted by atomic mass is 32.2. The second-order valence-electron chi connectivity index (χ2n) is 3.55. The van der Waals surface area contributed by atoms with Gasteiger partial charge in [0.2, 0.25) is 10.0 Å². The molecular weight excluding hydrogens is 245 g/mol. The predicted octanol–water partition coefficient (Wildman–Crippen LogP) is 1.91. The predicted molar refractivity (Wildman–Crippen MR) is 63.0 cm³/mol. The number of unbranched alkanes of at least 4 members (excludes halogenated alkanes) is 1. The van der Waals surface area contributed by atoms with E-state index >= 15 is 0 Å². The molecule has 17 heavy (non-hydrogen) atoms. The zero-order valence-corrected chi connectivity index (χ0v) is 10.7. The lowest BCUT2D eigenvalue weighted by Crippen LogP contribution is -2.24. The molecule has 0 fully saturated rings. The molecule has 0 aliphatic carbocycles. The van der Waals surface area contributed by atoms with Gasteiger partial charge in [0.25, 0.3) is 0 Å². The fourth-order valence-electron chi connectivity index (χ4n) is 1.27. The Morgan fingerprint density at radius 3 is 2.71 bits per heavy atom. The van der Waals surface area contributed by atoms with Crippen LogP contribution in [-0.4, -0.2) is 22.1 Å². The Bertz CT molecular complexity index is 474. The highest BCUT2D eigenvalue weighted by Crippen LogP contribution is 2.21. The van der Waals surface area contributed by atoms with Crippen LogP contribution in [0.2, 0.25) is 0 Å². The van der Waals surface area contributed by atoms with E-state index < -0.39 is 15.8 Å². The van der Waals surface area contributed by atoms with E-state index in [9.17, 15) is 12.8 Å². The molecular formula is C11H16FNO3S. The molecule has 0 radical (unpaired) electrons. The number of nitrogens with one attached hydrogen (secondary N) is 1. The summed E-state index contributed by atoms with van der Waals surface area (Å²) in [5.41, 5.74) is 0. The molecule has 0 saturated heterocycles. The molecule has 0 unspecified atom stereocenters. The molecule has 0 heterocycles. The molecule has 0 saturated carbocycles. The second kappa shape index (κ2) is 5.97. The smallest absolute Gasteiger partial charge is 0.240 e. The first kappa shape index (κ1) is 13.9. The summed E-state index contributed by atoms with van der Waals surface area (Å²) in [6.45, 7) is 2.34. The largest absolute Gasteiger partial charge is 0.494 e. The Balaban J connectivity index is 2.91. The molecule has 1 aromatic rings. The zero-order valence-electron chi connectivity index (χ0n) is 9.86. The Kier molecular flexibility index (Phi) is 4.89. The van der Waals surface area contributed by atoms with Crippen molar-refractivity contribution in [3.05, 3.63) is 24.0 Å². The molecule has 1 aromatic carbocycles. The van der Waals surface area contributed by atoms with Crippen LogP contribution in [0.25, 0.3) is 0 Å². The van der Waals surface area contributed by atoms with Crippen molar-refractivity contribution in [3.8, 4) is 5.75 Å². The fourth-order valence-corrected chi connectivity index (χ4v) is 2.36. The maximum Gasteiger partial charge on any atom is 0.240 e. The topological polar surface area (TPSA) is 55.4 Å². The number of methoxy groups -OCH3 is 1. The van der Waals surface area contributed by atoms with Crippen molar-refractivity contribution in [2.45, 2.75) is 24.7 Å². The van der Waals surface area contributed by atoms with E-state index in [2.05, 4.69) is 4.72 Å². The molecule has 0 aromatic heterocycles. The van der Waals surface area contributed by atoms with E-state index in [0.717, 1.165) is 18.9 Å². The van der Waals surface area contributed by atoms with E-state index in [4.69, 9.17) is 4.74 Å². The van der Waals surface area contributed by atoms with E-state index in [0.29, 0.717) is 6.54 Å². The minimum absolute atomic E-state index is 0.00635. The molecule has 0 aliphatic heterocycles. The third kappa shape index (κ3) is 3.67. The average Bonchev–Trinajstić information content (AvgIpc) is 2.29. The Labute approximate surface area is 101 Å². The maximum atomic E-state index is 13.1. The first-order chi connectivity index (χ1) is 8.01. The molecule has 96 valence electrons. The van der Waals surface area contributed by atoms with E-state index in [-0.39, 0.29) is 10.6 Å². The Morgan fingerprint density at radius 1 is 1.41 bits per heavy atom. The molecule has 1 N–H and O–H groups in total. The summed E-state index contributed by atoms with van der Waals surface area (Å²) in [5, 5.41) is 0. The second-order valence-corrected chi connectivity index (χ2v) is 5.31. The number of ether oxygens (including phenoxy) is 1. The molecule has 1 rings (SSSR count). The van der Waals surface area contributed by atoms with E-state index in [1.54, 1.807) is 0 Å². The van der Waals surface area contributed by atoms with Crippen molar-refractivity contribution < 1.29 is 17.5 Å². The third-order valence-electron chi connectivity index (χ3n) is 2.26. The van der Waals surface area contributed by atoms with Gasteiger partial charge in [-0.3, -0.25) is 0 Å². The van der Waals surface area contributed by atoms with Crippen LogP contribution < -0.4 is 9.46 Å². The standard InChI is InChI=1S/C11H16FNO3S/c1-3-4-7-13-17(14,15)9-5-6-10(12)11(8-9)16-2/h5-6,8,13H,3-4,7H2,1-2H3. The SMILES string of the molecule is CCCCNS(=O)(=O)c1ccc(F)c(OC)c1. The lowest BCUT2D eigenvalue weighted by molar-refractivity contribution is 0.385. The van der Waals surface area contributed by atoms with Crippen molar-refractivity contribution in [2.75, 3.05) is 13.7 Å². The molecule has 4 nitrogen and oxygen atoms in total. The van der Waals surface area contributed by atoms with Crippen LogP contribution in [0.15, 0.2) is 23.1 Å². The maximum absolute atomic E-state index is 13.1. The number of sulfonamides is 1. The van der Waals surface area contributed by atoms with E-state index in [1.165, 1.54) is 19.2 Å². The molecule has 6 heteroatoms. The van der Waals surface area contributed by atoms with Gasteiger partial charge < -0.3 is 4.74 Å². The zero-order chi connectivity index (χ0) is 12.9. The summed E-state index contributed by atoms with van der Waals surface area (Å²) in [5.74, 6) is -0.664. The number of rotatable bonds is 6. The van der Waals surface area contributed by atoms with Gasteiger partial charge >= 0.3 is 0 Å². The normalized spacial score (nSPS) is 11.5. The summed E-state index contributed by atoms with van der Waals surface area (Å²) in [7, 11) is -2.29. The van der Waals surface area contributed by atoms with Crippen molar-refractivity contribution >= 4 is 10.0 Å². The number of benzene rings is 1. The minimum atomic E-state index is -3.58. The van der Waals surface area contributed by atoms with Crippen LogP contribution in [0.5, 0.6) is 5.75 Å². The van der Waals surface area contributed by atoms with Crippen molar-refractivity contribution in [3.63, 3.8) is 0 Å². The summed E-state index contributed by atoms with van der Waals surface area (Å²) in [4.78, 5) is 0.00635. The van der Waals surface area contributed by atoms with Crippen LogP contribution in [0, 0.1) is 5.82 Å². The van der Waals surface area contributed by atoms with Gasteiger partial charge in [0.15, 0.2) is 11.6 Å². The average molecular weight is 261 g/mol. The van der Waals surface area contributed by atoms with Crippen LogP contribution in [0.4, 0.5) is 4.39 Å². The minimum Gasteiger partial charge on any atom is -0.494 e. The van der Waals surface area contributed by atoms with Crippen LogP contribution in [0.1, 0.15) is 19.8 Å². The first-order valence-electron chi connectivity index (χ1n) is 5.34. The van der Waals surface area contributed by atoms with E-state index in [1.807, 2.05) is 6.92 Å². The molecule has 0 bridgehead atoms. The van der Waals surface area contributed by atoms with Gasteiger partial charge in [0.1, 0.15) is 0 Å². The number of hydrogen-bond donors (Lipinski definition) is 1. The van der Waals surface area contributed by atoms with Gasteiger partial charge in [-0.25, -0.2) is 17.5 Å². The summed E-state index contributed by atoms with van der Waals surface area (Å²) in [6, 6.07) is 3.46. The highest BCUT2D eigenvalue weighted by Gasteiger charge is 2.15. The lowest BCUT2D eigenvalue weighted by Gasteiger charge is -2.08. The van der Waals surface area contributed by atoms with Gasteiger partial charge in [0, 0.05) is 12.6 Å². The Hall–Kier alpha value is -1.14. The van der Waals surface area contributed by atoms with Crippen LogP contribution in [0.3, 0.4) is 0 Å². The fraction of sp³-hybridized carbons (Fsp3) is 0.455. The third-order valence-corrected chi connectivity index (χ3v) is 3.71. The van der Waals surface area contributed by atoms with Gasteiger partial charge in [-0.05, 0) is 18.6 Å². The van der Waals surface area contributed by atoms with Gasteiger partial charge in [-0.15, -0.1) is 0 Å². The lowest BCUT2D eigenvalue weighted by atomic mass is 10.3. The van der Waals surface area contributed by atoms with Crippen LogP contribution in [-0.2, 0) is 10.0 Å². The quantitative estimate of drug-likeness (QED) is 0.796. The van der Waals surface area contributed by atoms with Crippen molar-refractivity contribution in [2.24, 2.45) is 0 Å².